The summed E-state index contributed by atoms with van der Waals surface area (Å²) in [6.45, 7) is 0. The van der Waals surface area contributed by atoms with Gasteiger partial charge in [-0.2, -0.15) is 0 Å². The highest BCUT2D eigenvalue weighted by Crippen LogP contribution is 2.47. The molecule has 1 aromatic heterocycles. The van der Waals surface area contributed by atoms with Crippen LogP contribution < -0.4 is 4.90 Å². The summed E-state index contributed by atoms with van der Waals surface area (Å²) in [6, 6.07) is 76.5. The van der Waals surface area contributed by atoms with E-state index in [1.54, 1.807) is 0 Å². The maximum Gasteiger partial charge on any atom is 0.137 e. The highest BCUT2D eigenvalue weighted by molar-refractivity contribution is 6.16. The van der Waals surface area contributed by atoms with E-state index in [9.17, 15) is 0 Å². The molecule has 0 amide bonds. The van der Waals surface area contributed by atoms with Crippen LogP contribution in [0.25, 0.3) is 87.6 Å². The third-order valence-electron chi connectivity index (χ3n) is 11.3. The summed E-state index contributed by atoms with van der Waals surface area (Å²) in [7, 11) is 0. The van der Waals surface area contributed by atoms with E-state index < -0.39 is 0 Å². The molecular weight excluding hydrogens is 679 g/mol. The van der Waals surface area contributed by atoms with Crippen LogP contribution in [0.15, 0.2) is 217 Å². The van der Waals surface area contributed by atoms with Crippen molar-refractivity contribution in [2.75, 3.05) is 4.90 Å². The van der Waals surface area contributed by atoms with Gasteiger partial charge in [-0.1, -0.05) is 176 Å². The lowest BCUT2D eigenvalue weighted by Gasteiger charge is -2.29. The van der Waals surface area contributed by atoms with E-state index in [2.05, 4.69) is 211 Å². The summed E-state index contributed by atoms with van der Waals surface area (Å²) in [5, 5.41) is 9.68. The lowest BCUT2D eigenvalue weighted by Crippen LogP contribution is -2.11. The van der Waals surface area contributed by atoms with E-state index in [0.29, 0.717) is 0 Å². The summed E-state index contributed by atoms with van der Waals surface area (Å²) in [6.07, 6.45) is 0. The molecule has 262 valence electrons. The van der Waals surface area contributed by atoms with Crippen LogP contribution in [0.1, 0.15) is 0 Å². The van der Waals surface area contributed by atoms with Gasteiger partial charge in [0.1, 0.15) is 11.2 Å². The average Bonchev–Trinajstić information content (AvgIpc) is 3.66. The normalized spacial score (nSPS) is 11.6. The molecule has 2 nitrogen and oxygen atoms in total. The number of nitrogens with zero attached hydrogens (tertiary/aromatic N) is 1. The van der Waals surface area contributed by atoms with Gasteiger partial charge in [-0.15, -0.1) is 0 Å². The molecule has 10 aromatic carbocycles. The smallest absolute Gasteiger partial charge is 0.137 e. The fourth-order valence-electron chi connectivity index (χ4n) is 8.67. The van der Waals surface area contributed by atoms with E-state index in [1.165, 1.54) is 49.0 Å². The number of furan rings is 1. The van der Waals surface area contributed by atoms with Crippen LogP contribution in [0.5, 0.6) is 0 Å². The number of para-hydroxylation sites is 2. The van der Waals surface area contributed by atoms with Gasteiger partial charge in [0.15, 0.2) is 0 Å². The third kappa shape index (κ3) is 5.26. The highest BCUT2D eigenvalue weighted by atomic mass is 16.3. The van der Waals surface area contributed by atoms with Gasteiger partial charge in [0.25, 0.3) is 0 Å². The molecule has 0 fully saturated rings. The SMILES string of the molecule is c1cc(-c2ccc(-c3cccc4ccccc34)cc2)cc(N(c2ccccc2-c2cccc3c2ccc2ccccc23)c2cccc3oc4ccccc4c23)c1. The van der Waals surface area contributed by atoms with Crippen molar-refractivity contribution >= 4 is 71.3 Å². The number of rotatable bonds is 6. The van der Waals surface area contributed by atoms with Crippen molar-refractivity contribution in [1.82, 2.24) is 0 Å². The van der Waals surface area contributed by atoms with Crippen molar-refractivity contribution in [3.8, 4) is 33.4 Å². The van der Waals surface area contributed by atoms with E-state index in [-0.39, 0.29) is 0 Å². The van der Waals surface area contributed by atoms with Crippen molar-refractivity contribution in [2.24, 2.45) is 0 Å². The second-order valence-corrected chi connectivity index (χ2v) is 14.4. The lowest BCUT2D eigenvalue weighted by atomic mass is 9.93. The Hall–Kier alpha value is -7.42. The van der Waals surface area contributed by atoms with Gasteiger partial charge in [0.05, 0.1) is 16.8 Å². The Labute approximate surface area is 325 Å². The number of fused-ring (bicyclic) bond motifs is 7. The summed E-state index contributed by atoms with van der Waals surface area (Å²) >= 11 is 0. The highest BCUT2D eigenvalue weighted by Gasteiger charge is 2.23. The molecule has 0 saturated heterocycles. The van der Waals surface area contributed by atoms with Crippen LogP contribution in [-0.2, 0) is 0 Å². The summed E-state index contributed by atoms with van der Waals surface area (Å²) in [5.74, 6) is 0. The topological polar surface area (TPSA) is 16.4 Å². The van der Waals surface area contributed by atoms with Gasteiger partial charge in [0.2, 0.25) is 0 Å². The van der Waals surface area contributed by atoms with Crippen molar-refractivity contribution in [1.29, 1.82) is 0 Å². The first kappa shape index (κ1) is 32.0. The first-order chi connectivity index (χ1) is 27.8. The van der Waals surface area contributed by atoms with Gasteiger partial charge in [-0.3, -0.25) is 0 Å². The quantitative estimate of drug-likeness (QED) is 0.160. The minimum Gasteiger partial charge on any atom is -0.456 e. The fourth-order valence-corrected chi connectivity index (χ4v) is 8.67. The molecule has 0 atom stereocenters. The van der Waals surface area contributed by atoms with Crippen molar-refractivity contribution < 1.29 is 4.42 Å². The molecule has 0 aliphatic carbocycles. The van der Waals surface area contributed by atoms with Crippen LogP contribution in [-0.4, -0.2) is 0 Å². The van der Waals surface area contributed by atoms with Crippen LogP contribution in [0, 0.1) is 0 Å². The van der Waals surface area contributed by atoms with Gasteiger partial charge < -0.3 is 9.32 Å². The predicted molar refractivity (Wildman–Crippen MR) is 237 cm³/mol. The average molecular weight is 714 g/mol. The first-order valence-electron chi connectivity index (χ1n) is 19.2. The molecule has 0 aliphatic rings. The number of benzene rings is 10. The maximum absolute atomic E-state index is 6.47. The Morgan fingerprint density at radius 2 is 0.893 bits per heavy atom. The van der Waals surface area contributed by atoms with Crippen LogP contribution in [0.2, 0.25) is 0 Å². The zero-order chi connectivity index (χ0) is 37.0. The molecular formula is C54H35NO. The Balaban J connectivity index is 1.11. The Bertz CT molecular complexity index is 3260. The maximum atomic E-state index is 6.47. The van der Waals surface area contributed by atoms with Gasteiger partial charge in [-0.05, 0) is 96.5 Å². The second-order valence-electron chi connectivity index (χ2n) is 14.4. The van der Waals surface area contributed by atoms with Gasteiger partial charge >= 0.3 is 0 Å². The molecule has 56 heavy (non-hydrogen) atoms. The largest absolute Gasteiger partial charge is 0.456 e. The summed E-state index contributed by atoms with van der Waals surface area (Å²) < 4.78 is 6.47. The van der Waals surface area contributed by atoms with Crippen molar-refractivity contribution in [3.63, 3.8) is 0 Å². The standard InChI is InChI=1S/C54H35NO/c1-3-18-42-37(13-1)15-10-22-43(42)39-31-29-36(30-32-39)40-16-9-17-41(35-40)55(51-26-12-28-53-54(51)49-21-6-8-27-52(49)56-53)50-25-7-5-20-48(50)46-24-11-23-45-44-19-4-2-14-38(44)33-34-47(45)46/h1-35H. The molecule has 0 N–H and O–H groups in total. The van der Waals surface area contributed by atoms with E-state index in [0.717, 1.165) is 55.7 Å². The van der Waals surface area contributed by atoms with Crippen molar-refractivity contribution in [3.05, 3.63) is 212 Å². The Kier molecular flexibility index (Phi) is 7.53. The minimum absolute atomic E-state index is 0.864. The Morgan fingerprint density at radius 1 is 0.304 bits per heavy atom. The number of anilines is 3. The number of hydrogen-bond acceptors (Lipinski definition) is 2. The predicted octanol–water partition coefficient (Wildman–Crippen LogP) is 15.5. The fraction of sp³-hybridized carbons (Fsp3) is 0. The molecule has 2 heteroatoms. The lowest BCUT2D eigenvalue weighted by molar-refractivity contribution is 0.669. The van der Waals surface area contributed by atoms with Crippen LogP contribution >= 0.6 is 0 Å². The molecule has 0 spiro atoms. The molecule has 0 aliphatic heterocycles. The molecule has 1 heterocycles. The van der Waals surface area contributed by atoms with Crippen LogP contribution in [0.3, 0.4) is 0 Å². The molecule has 0 unspecified atom stereocenters. The summed E-state index contributed by atoms with van der Waals surface area (Å²) in [4.78, 5) is 2.42. The Morgan fingerprint density at radius 3 is 1.79 bits per heavy atom. The number of hydrogen-bond donors (Lipinski definition) is 0. The minimum atomic E-state index is 0.864. The van der Waals surface area contributed by atoms with Gasteiger partial charge in [0, 0.05) is 16.6 Å². The van der Waals surface area contributed by atoms with Crippen molar-refractivity contribution in [2.45, 2.75) is 0 Å². The molecule has 0 bridgehead atoms. The second kappa shape index (κ2) is 13.2. The van der Waals surface area contributed by atoms with E-state index in [4.69, 9.17) is 4.42 Å². The summed E-state index contributed by atoms with van der Waals surface area (Å²) in [5.41, 5.74) is 12.1. The van der Waals surface area contributed by atoms with E-state index >= 15 is 0 Å². The molecule has 11 rings (SSSR count). The first-order valence-corrected chi connectivity index (χ1v) is 19.2. The zero-order valence-electron chi connectivity index (χ0n) is 30.6. The third-order valence-corrected chi connectivity index (χ3v) is 11.3. The van der Waals surface area contributed by atoms with E-state index in [1.807, 2.05) is 6.07 Å². The zero-order valence-corrected chi connectivity index (χ0v) is 30.6. The molecule has 11 aromatic rings. The molecule has 0 saturated carbocycles. The van der Waals surface area contributed by atoms with Gasteiger partial charge in [-0.25, -0.2) is 0 Å². The monoisotopic (exact) mass is 713 g/mol. The molecule has 0 radical (unpaired) electrons. The van der Waals surface area contributed by atoms with Crippen LogP contribution in [0.4, 0.5) is 17.1 Å².